The molecule has 3 aromatic rings. The van der Waals surface area contributed by atoms with Crippen LogP contribution in [0.1, 0.15) is 30.0 Å². The standard InChI is InChI=1S/C25H28OP/c1-19-5-11-23(12-6-19)27(18-17-22(4)26,24-13-7-20(2)8-14-24)25-15-9-21(3)10-16-25/h5-16H,17-18H2,1-4H3/q+1. The van der Waals surface area contributed by atoms with Gasteiger partial charge >= 0.3 is 0 Å². The van der Waals surface area contributed by atoms with Crippen LogP contribution in [0.15, 0.2) is 72.8 Å². The molecule has 0 aromatic heterocycles. The molecule has 3 aromatic carbocycles. The maximum atomic E-state index is 12.0. The number of Topliss-reactive ketones (excluding diaryl/α,β-unsaturated/α-hetero) is 1. The summed E-state index contributed by atoms with van der Waals surface area (Å²) in [5.41, 5.74) is 3.78. The number of carbonyl (C=O) groups is 1. The number of rotatable bonds is 6. The molecule has 0 spiro atoms. The van der Waals surface area contributed by atoms with E-state index < -0.39 is 7.26 Å². The first-order valence-electron chi connectivity index (χ1n) is 9.51. The highest BCUT2D eigenvalue weighted by atomic mass is 31.2. The van der Waals surface area contributed by atoms with Gasteiger partial charge in [0.15, 0.2) is 0 Å². The molecule has 0 amide bonds. The molecule has 0 saturated carbocycles. The highest BCUT2D eigenvalue weighted by Crippen LogP contribution is 2.55. The molecule has 0 aliphatic carbocycles. The molecule has 0 bridgehead atoms. The van der Waals surface area contributed by atoms with E-state index in [1.54, 1.807) is 6.92 Å². The number of carbonyl (C=O) groups excluding carboxylic acids is 1. The molecule has 0 unspecified atom stereocenters. The van der Waals surface area contributed by atoms with Gasteiger partial charge in [-0.1, -0.05) is 53.1 Å². The summed E-state index contributed by atoms with van der Waals surface area (Å²) in [6.45, 7) is 8.07. The van der Waals surface area contributed by atoms with Crippen molar-refractivity contribution in [3.8, 4) is 0 Å². The molecule has 0 heterocycles. The molecule has 138 valence electrons. The van der Waals surface area contributed by atoms with Crippen molar-refractivity contribution in [1.29, 1.82) is 0 Å². The van der Waals surface area contributed by atoms with Gasteiger partial charge in [-0.15, -0.1) is 0 Å². The lowest BCUT2D eigenvalue weighted by molar-refractivity contribution is -0.116. The van der Waals surface area contributed by atoms with Crippen molar-refractivity contribution >= 4 is 29.0 Å². The molecular formula is C25H28OP+. The van der Waals surface area contributed by atoms with Crippen molar-refractivity contribution in [3.63, 3.8) is 0 Å². The Bertz CT molecular complexity index is 795. The normalized spacial score (nSPS) is 11.4. The smallest absolute Gasteiger partial charge is 0.133 e. The first-order valence-corrected chi connectivity index (χ1v) is 11.5. The van der Waals surface area contributed by atoms with Gasteiger partial charge in [-0.05, 0) is 64.1 Å². The van der Waals surface area contributed by atoms with Gasteiger partial charge in [0.05, 0.1) is 6.16 Å². The van der Waals surface area contributed by atoms with Crippen molar-refractivity contribution in [1.82, 2.24) is 0 Å². The zero-order valence-electron chi connectivity index (χ0n) is 16.7. The highest BCUT2D eigenvalue weighted by Gasteiger charge is 2.45. The van der Waals surface area contributed by atoms with E-state index in [4.69, 9.17) is 0 Å². The fraction of sp³-hybridized carbons (Fsp3) is 0.240. The third kappa shape index (κ3) is 4.20. The summed E-state index contributed by atoms with van der Waals surface area (Å²) in [5, 5.41) is 4.05. The number of hydrogen-bond donors (Lipinski definition) is 0. The molecule has 0 fully saturated rings. The van der Waals surface area contributed by atoms with Crippen LogP contribution in [0, 0.1) is 20.8 Å². The zero-order valence-corrected chi connectivity index (χ0v) is 17.6. The van der Waals surface area contributed by atoms with Crippen LogP contribution in [0.3, 0.4) is 0 Å². The molecule has 0 radical (unpaired) electrons. The van der Waals surface area contributed by atoms with E-state index in [0.29, 0.717) is 6.42 Å². The predicted molar refractivity (Wildman–Crippen MR) is 120 cm³/mol. The summed E-state index contributed by atoms with van der Waals surface area (Å²) in [6, 6.07) is 26.8. The molecule has 0 atom stereocenters. The predicted octanol–water partition coefficient (Wildman–Crippen LogP) is 4.88. The summed E-state index contributed by atoms with van der Waals surface area (Å²) in [5.74, 6) is 0.255. The van der Waals surface area contributed by atoms with Crippen molar-refractivity contribution in [2.45, 2.75) is 34.1 Å². The van der Waals surface area contributed by atoms with Crippen LogP contribution in [-0.2, 0) is 4.79 Å². The van der Waals surface area contributed by atoms with E-state index in [1.807, 2.05) is 0 Å². The fourth-order valence-corrected chi connectivity index (χ4v) is 7.85. The van der Waals surface area contributed by atoms with Crippen molar-refractivity contribution in [2.24, 2.45) is 0 Å². The topological polar surface area (TPSA) is 17.1 Å². The van der Waals surface area contributed by atoms with E-state index in [9.17, 15) is 4.79 Å². The van der Waals surface area contributed by atoms with Gasteiger partial charge in [-0.25, -0.2) is 0 Å². The molecule has 0 N–H and O–H groups in total. The van der Waals surface area contributed by atoms with Gasteiger partial charge in [-0.2, -0.15) is 0 Å². The van der Waals surface area contributed by atoms with Gasteiger partial charge in [0, 0.05) is 6.42 Å². The molecule has 3 rings (SSSR count). The monoisotopic (exact) mass is 375 g/mol. The van der Waals surface area contributed by atoms with Gasteiger partial charge in [-0.3, -0.25) is 4.79 Å². The SMILES string of the molecule is CC(=O)CC[P+](c1ccc(C)cc1)(c1ccc(C)cc1)c1ccc(C)cc1. The largest absolute Gasteiger partial charge is 0.300 e. The van der Waals surface area contributed by atoms with Crippen LogP contribution >= 0.6 is 7.26 Å². The van der Waals surface area contributed by atoms with Crippen LogP contribution in [-0.4, -0.2) is 11.9 Å². The number of ketones is 1. The second-order valence-electron chi connectivity index (χ2n) is 7.49. The molecule has 0 aliphatic heterocycles. The van der Waals surface area contributed by atoms with Crippen LogP contribution < -0.4 is 15.9 Å². The summed E-state index contributed by atoms with van der Waals surface area (Å²) in [4.78, 5) is 12.0. The van der Waals surface area contributed by atoms with Gasteiger partial charge in [0.25, 0.3) is 0 Å². The van der Waals surface area contributed by atoms with E-state index in [2.05, 4.69) is 93.6 Å². The third-order valence-electron chi connectivity index (χ3n) is 5.22. The number of hydrogen-bond acceptors (Lipinski definition) is 1. The van der Waals surface area contributed by atoms with Crippen molar-refractivity contribution in [3.05, 3.63) is 89.5 Å². The van der Waals surface area contributed by atoms with Gasteiger partial charge in [0.1, 0.15) is 29.0 Å². The highest BCUT2D eigenvalue weighted by molar-refractivity contribution is 7.95. The Morgan fingerprint density at radius 3 is 1.19 bits per heavy atom. The molecular weight excluding hydrogens is 347 g/mol. The minimum atomic E-state index is -1.89. The first-order chi connectivity index (χ1) is 12.9. The minimum Gasteiger partial charge on any atom is -0.300 e. The molecule has 0 saturated heterocycles. The Balaban J connectivity index is 2.28. The van der Waals surface area contributed by atoms with Gasteiger partial charge < -0.3 is 0 Å². The Kier molecular flexibility index (Phi) is 5.92. The zero-order chi connectivity index (χ0) is 19.4. The summed E-state index contributed by atoms with van der Waals surface area (Å²) in [7, 11) is -1.89. The maximum absolute atomic E-state index is 12.0. The molecule has 2 heteroatoms. The lowest BCUT2D eigenvalue weighted by Crippen LogP contribution is -2.34. The fourth-order valence-electron chi connectivity index (χ4n) is 3.56. The number of aryl methyl sites for hydroxylation is 3. The van der Waals surface area contributed by atoms with Crippen LogP contribution in [0.5, 0.6) is 0 Å². The summed E-state index contributed by atoms with van der Waals surface area (Å²) >= 11 is 0. The van der Waals surface area contributed by atoms with Crippen molar-refractivity contribution < 1.29 is 4.79 Å². The average molecular weight is 375 g/mol. The molecule has 1 nitrogen and oxygen atoms in total. The van der Waals surface area contributed by atoms with Gasteiger partial charge in [0.2, 0.25) is 0 Å². The van der Waals surface area contributed by atoms with E-state index in [1.165, 1.54) is 32.6 Å². The Morgan fingerprint density at radius 1 is 0.630 bits per heavy atom. The van der Waals surface area contributed by atoms with Crippen LogP contribution in [0.25, 0.3) is 0 Å². The summed E-state index contributed by atoms with van der Waals surface area (Å²) < 4.78 is 0. The number of benzene rings is 3. The van der Waals surface area contributed by atoms with Crippen molar-refractivity contribution in [2.75, 3.05) is 6.16 Å². The second kappa shape index (κ2) is 8.19. The Hall–Kier alpha value is -2.24. The first kappa shape index (κ1) is 19.5. The van der Waals surface area contributed by atoms with E-state index in [0.717, 1.165) is 6.16 Å². The molecule has 0 aliphatic rings. The quantitative estimate of drug-likeness (QED) is 0.561. The Labute approximate surface area is 163 Å². The lowest BCUT2D eigenvalue weighted by Gasteiger charge is -2.27. The average Bonchev–Trinajstić information content (AvgIpc) is 2.65. The minimum absolute atomic E-state index is 0.255. The van der Waals surface area contributed by atoms with Crippen LogP contribution in [0.2, 0.25) is 0 Å². The summed E-state index contributed by atoms with van der Waals surface area (Å²) in [6.07, 6.45) is 1.47. The second-order valence-corrected chi connectivity index (χ2v) is 11.1. The molecule has 27 heavy (non-hydrogen) atoms. The third-order valence-corrected chi connectivity index (χ3v) is 9.66. The maximum Gasteiger partial charge on any atom is 0.133 e. The lowest BCUT2D eigenvalue weighted by atomic mass is 10.2. The van der Waals surface area contributed by atoms with E-state index in [-0.39, 0.29) is 5.78 Å². The van der Waals surface area contributed by atoms with E-state index >= 15 is 0 Å². The van der Waals surface area contributed by atoms with Crippen LogP contribution in [0.4, 0.5) is 0 Å². The Morgan fingerprint density at radius 2 is 0.926 bits per heavy atom.